The Morgan fingerprint density at radius 1 is 1.13 bits per heavy atom. The van der Waals surface area contributed by atoms with Gasteiger partial charge in [-0.1, -0.05) is 56.7 Å². The molecule has 0 spiro atoms. The van der Waals surface area contributed by atoms with E-state index in [1.165, 1.54) is 18.2 Å². The van der Waals surface area contributed by atoms with Crippen LogP contribution in [0.4, 0.5) is 0 Å². The van der Waals surface area contributed by atoms with E-state index in [2.05, 4.69) is 41.2 Å². The Morgan fingerprint density at radius 2 is 1.90 bits per heavy atom. The molecule has 30 heavy (non-hydrogen) atoms. The van der Waals surface area contributed by atoms with E-state index in [4.69, 9.17) is 0 Å². The highest BCUT2D eigenvalue weighted by atomic mass is 32.2. The third-order valence-electron chi connectivity index (χ3n) is 5.01. The van der Waals surface area contributed by atoms with Crippen LogP contribution in [0.1, 0.15) is 67.3 Å². The van der Waals surface area contributed by atoms with Gasteiger partial charge in [-0.15, -0.1) is 5.10 Å². The van der Waals surface area contributed by atoms with Crippen molar-refractivity contribution >= 4 is 23.4 Å². The molecule has 1 atom stereocenters. The van der Waals surface area contributed by atoms with Crippen molar-refractivity contribution in [1.29, 1.82) is 0 Å². The molecular formula is C23H31N5OS. The molecule has 0 aliphatic heterocycles. The number of benzene rings is 1. The first-order valence-electron chi connectivity index (χ1n) is 10.6. The third-order valence-corrected chi connectivity index (χ3v) is 5.90. The Kier molecular flexibility index (Phi) is 7.48. The topological polar surface area (TPSA) is 72.2 Å². The van der Waals surface area contributed by atoms with Crippen molar-refractivity contribution in [3.63, 3.8) is 0 Å². The SMILES string of the molecule is Cc1cc(C)n2nc(SCc3ccccc3C(=O)NC(C)CCCC(C)C)nc2n1. The molecular weight excluding hydrogens is 394 g/mol. The predicted octanol–water partition coefficient (Wildman–Crippen LogP) is 4.98. The van der Waals surface area contributed by atoms with Gasteiger partial charge in [-0.3, -0.25) is 4.79 Å². The lowest BCUT2D eigenvalue weighted by atomic mass is 10.0. The van der Waals surface area contributed by atoms with Crippen LogP contribution in [0.3, 0.4) is 0 Å². The van der Waals surface area contributed by atoms with Gasteiger partial charge < -0.3 is 5.32 Å². The predicted molar refractivity (Wildman–Crippen MR) is 122 cm³/mol. The summed E-state index contributed by atoms with van der Waals surface area (Å²) in [6.45, 7) is 10.5. The molecule has 160 valence electrons. The molecule has 1 amide bonds. The zero-order valence-corrected chi connectivity index (χ0v) is 19.3. The Hall–Kier alpha value is -2.41. The minimum atomic E-state index is -0.0145. The average Bonchev–Trinajstić information content (AvgIpc) is 3.09. The first kappa shape index (κ1) is 22.3. The van der Waals surface area contributed by atoms with Crippen molar-refractivity contribution in [3.8, 4) is 0 Å². The summed E-state index contributed by atoms with van der Waals surface area (Å²) in [6, 6.07) is 9.90. The van der Waals surface area contributed by atoms with Crippen LogP contribution in [0.15, 0.2) is 35.5 Å². The number of nitrogens with zero attached hydrogens (tertiary/aromatic N) is 4. The molecule has 2 heterocycles. The lowest BCUT2D eigenvalue weighted by molar-refractivity contribution is 0.0937. The van der Waals surface area contributed by atoms with Gasteiger partial charge in [-0.05, 0) is 50.8 Å². The third kappa shape index (κ3) is 5.81. The Morgan fingerprint density at radius 3 is 2.67 bits per heavy atom. The number of fused-ring (bicyclic) bond motifs is 1. The standard InChI is InChI=1S/C23H31N5OS/c1-15(2)9-8-10-16(3)24-21(29)20-12-7-6-11-19(20)14-30-23-26-22-25-17(4)13-18(5)28(22)27-23/h6-7,11-13,15-16H,8-10,14H2,1-5H3,(H,24,29). The number of hydrogen-bond acceptors (Lipinski definition) is 5. The Labute approximate surface area is 182 Å². The minimum absolute atomic E-state index is 0.0145. The van der Waals surface area contributed by atoms with Crippen molar-refractivity contribution in [3.05, 3.63) is 52.8 Å². The highest BCUT2D eigenvalue weighted by Gasteiger charge is 2.15. The fraction of sp³-hybridized carbons (Fsp3) is 0.478. The van der Waals surface area contributed by atoms with E-state index < -0.39 is 0 Å². The number of rotatable bonds is 9. The fourth-order valence-electron chi connectivity index (χ4n) is 3.43. The lowest BCUT2D eigenvalue weighted by Crippen LogP contribution is -2.33. The number of thioether (sulfide) groups is 1. The van der Waals surface area contributed by atoms with Crippen molar-refractivity contribution in [2.24, 2.45) is 5.92 Å². The molecule has 1 aromatic carbocycles. The van der Waals surface area contributed by atoms with Gasteiger partial charge in [0.25, 0.3) is 11.7 Å². The van der Waals surface area contributed by atoms with Crippen LogP contribution in [-0.4, -0.2) is 31.5 Å². The number of carbonyl (C=O) groups is 1. The van der Waals surface area contributed by atoms with E-state index in [9.17, 15) is 4.79 Å². The van der Waals surface area contributed by atoms with E-state index in [0.717, 1.165) is 35.4 Å². The van der Waals surface area contributed by atoms with Crippen LogP contribution in [0.2, 0.25) is 0 Å². The van der Waals surface area contributed by atoms with Crippen LogP contribution in [0, 0.1) is 19.8 Å². The Bertz CT molecular complexity index is 1010. The number of hydrogen-bond donors (Lipinski definition) is 1. The van der Waals surface area contributed by atoms with Gasteiger partial charge in [-0.2, -0.15) is 4.98 Å². The summed E-state index contributed by atoms with van der Waals surface area (Å²) in [5.74, 6) is 1.91. The molecule has 0 aliphatic carbocycles. The normalized spacial score (nSPS) is 12.5. The molecule has 0 aliphatic rings. The number of amides is 1. The van der Waals surface area contributed by atoms with E-state index in [1.807, 2.05) is 44.2 Å². The molecule has 0 saturated carbocycles. The molecule has 0 saturated heterocycles. The summed E-state index contributed by atoms with van der Waals surface area (Å²) >= 11 is 1.52. The summed E-state index contributed by atoms with van der Waals surface area (Å²) in [5, 5.41) is 8.36. The van der Waals surface area contributed by atoms with E-state index in [1.54, 1.807) is 4.52 Å². The van der Waals surface area contributed by atoms with Gasteiger partial charge in [0, 0.05) is 28.7 Å². The van der Waals surface area contributed by atoms with Crippen molar-refractivity contribution < 1.29 is 4.79 Å². The van der Waals surface area contributed by atoms with E-state index in [-0.39, 0.29) is 11.9 Å². The molecule has 1 unspecified atom stereocenters. The van der Waals surface area contributed by atoms with Crippen LogP contribution in [-0.2, 0) is 5.75 Å². The molecule has 2 aromatic heterocycles. The second-order valence-corrected chi connectivity index (χ2v) is 9.23. The zero-order valence-electron chi connectivity index (χ0n) is 18.5. The second kappa shape index (κ2) is 10.1. The molecule has 0 radical (unpaired) electrons. The van der Waals surface area contributed by atoms with Gasteiger partial charge in [0.05, 0.1) is 0 Å². The Balaban J connectivity index is 1.65. The fourth-order valence-corrected chi connectivity index (χ4v) is 4.25. The maximum Gasteiger partial charge on any atom is 0.253 e. The first-order chi connectivity index (χ1) is 14.3. The zero-order chi connectivity index (χ0) is 21.7. The van der Waals surface area contributed by atoms with Crippen molar-refractivity contribution in [2.75, 3.05) is 0 Å². The van der Waals surface area contributed by atoms with Crippen molar-refractivity contribution in [2.45, 2.75) is 70.8 Å². The molecule has 3 rings (SSSR count). The first-order valence-corrected chi connectivity index (χ1v) is 11.5. The number of carbonyl (C=O) groups excluding carboxylic acids is 1. The summed E-state index contributed by atoms with van der Waals surface area (Å²) in [6.07, 6.45) is 3.31. The van der Waals surface area contributed by atoms with Gasteiger partial charge in [0.1, 0.15) is 0 Å². The summed E-state index contributed by atoms with van der Waals surface area (Å²) in [5.41, 5.74) is 3.63. The number of aromatic nitrogens is 4. The molecule has 6 nitrogen and oxygen atoms in total. The number of aryl methyl sites for hydroxylation is 2. The molecule has 3 aromatic rings. The largest absolute Gasteiger partial charge is 0.350 e. The van der Waals surface area contributed by atoms with E-state index >= 15 is 0 Å². The maximum absolute atomic E-state index is 12.8. The quantitative estimate of drug-likeness (QED) is 0.490. The van der Waals surface area contributed by atoms with E-state index in [0.29, 0.717) is 22.6 Å². The smallest absolute Gasteiger partial charge is 0.253 e. The van der Waals surface area contributed by atoms with Gasteiger partial charge in [-0.25, -0.2) is 9.50 Å². The van der Waals surface area contributed by atoms with Crippen molar-refractivity contribution in [1.82, 2.24) is 24.9 Å². The summed E-state index contributed by atoms with van der Waals surface area (Å²) in [4.78, 5) is 21.8. The van der Waals surface area contributed by atoms with Gasteiger partial charge in [0.2, 0.25) is 5.16 Å². The van der Waals surface area contributed by atoms with Gasteiger partial charge >= 0.3 is 0 Å². The minimum Gasteiger partial charge on any atom is -0.350 e. The maximum atomic E-state index is 12.8. The average molecular weight is 426 g/mol. The molecule has 0 bridgehead atoms. The highest BCUT2D eigenvalue weighted by molar-refractivity contribution is 7.98. The second-order valence-electron chi connectivity index (χ2n) is 8.29. The van der Waals surface area contributed by atoms with Crippen LogP contribution in [0.25, 0.3) is 5.78 Å². The van der Waals surface area contributed by atoms with Crippen LogP contribution in [0.5, 0.6) is 0 Å². The van der Waals surface area contributed by atoms with Crippen LogP contribution < -0.4 is 5.32 Å². The molecule has 1 N–H and O–H groups in total. The highest BCUT2D eigenvalue weighted by Crippen LogP contribution is 2.23. The molecule has 0 fully saturated rings. The number of nitrogens with one attached hydrogen (secondary N) is 1. The lowest BCUT2D eigenvalue weighted by Gasteiger charge is -2.16. The molecule has 7 heteroatoms. The van der Waals surface area contributed by atoms with Crippen LogP contribution >= 0.6 is 11.8 Å². The van der Waals surface area contributed by atoms with Gasteiger partial charge in [0.15, 0.2) is 0 Å². The summed E-state index contributed by atoms with van der Waals surface area (Å²) in [7, 11) is 0. The monoisotopic (exact) mass is 425 g/mol. The summed E-state index contributed by atoms with van der Waals surface area (Å²) < 4.78 is 1.76.